The summed E-state index contributed by atoms with van der Waals surface area (Å²) in [5.41, 5.74) is 5.44. The lowest BCUT2D eigenvalue weighted by molar-refractivity contribution is -0.143. The van der Waals surface area contributed by atoms with Crippen molar-refractivity contribution in [3.8, 4) is 6.07 Å². The lowest BCUT2D eigenvalue weighted by Crippen LogP contribution is -2.32. The summed E-state index contributed by atoms with van der Waals surface area (Å²) in [4.78, 5) is 11.1. The first-order chi connectivity index (χ1) is 7.00. The Morgan fingerprint density at radius 1 is 1.67 bits per heavy atom. The molecule has 0 amide bonds. The van der Waals surface area contributed by atoms with Crippen LogP contribution in [0.1, 0.15) is 18.9 Å². The number of aliphatic carboxylic acids is 1. The molecule has 15 heavy (non-hydrogen) atoms. The van der Waals surface area contributed by atoms with Gasteiger partial charge >= 0.3 is 5.97 Å². The molecule has 0 spiro atoms. The van der Waals surface area contributed by atoms with E-state index >= 15 is 0 Å². The van der Waals surface area contributed by atoms with E-state index in [1.165, 1.54) is 6.92 Å². The molecular formula is C11H12N2O2. The van der Waals surface area contributed by atoms with Crippen molar-refractivity contribution in [2.24, 2.45) is 0 Å². The van der Waals surface area contributed by atoms with Crippen LogP contribution >= 0.6 is 0 Å². The molecule has 1 atom stereocenters. The zero-order valence-electron chi connectivity index (χ0n) is 8.40. The van der Waals surface area contributed by atoms with Gasteiger partial charge in [-0.25, -0.2) is 0 Å². The normalized spacial score (nSPS) is 13.9. The molecule has 4 heteroatoms. The first kappa shape index (κ1) is 11.1. The Morgan fingerprint density at radius 2 is 2.33 bits per heavy atom. The minimum Gasteiger partial charge on any atom is -0.481 e. The summed E-state index contributed by atoms with van der Waals surface area (Å²) in [5.74, 6) is -1.02. The van der Waals surface area contributed by atoms with Gasteiger partial charge < -0.3 is 10.8 Å². The zero-order valence-corrected chi connectivity index (χ0v) is 8.40. The fourth-order valence-corrected chi connectivity index (χ4v) is 1.34. The number of hydrogen-bond acceptors (Lipinski definition) is 3. The van der Waals surface area contributed by atoms with E-state index in [1.807, 2.05) is 6.07 Å². The Balaban J connectivity index is 3.22. The second-order valence-corrected chi connectivity index (χ2v) is 3.60. The molecule has 0 aromatic heterocycles. The van der Waals surface area contributed by atoms with Gasteiger partial charge in [0.15, 0.2) is 0 Å². The standard InChI is InChI=1S/C11H12N2O2/c1-11(5-6-12,10(14)15)8-3-2-4-9(13)7-8/h2-4,7H,5,13H2,1H3,(H,14,15). The molecule has 0 saturated carbocycles. The van der Waals surface area contributed by atoms with E-state index in [0.29, 0.717) is 11.3 Å². The number of benzene rings is 1. The molecule has 3 N–H and O–H groups in total. The molecule has 0 aliphatic rings. The average Bonchev–Trinajstić information content (AvgIpc) is 2.17. The molecule has 78 valence electrons. The molecule has 0 aliphatic heterocycles. The predicted octanol–water partition coefficient (Wildman–Crippen LogP) is 1.52. The lowest BCUT2D eigenvalue weighted by atomic mass is 9.80. The second-order valence-electron chi connectivity index (χ2n) is 3.60. The number of nitrogen functional groups attached to an aromatic ring is 1. The van der Waals surface area contributed by atoms with Crippen LogP contribution in [0.15, 0.2) is 24.3 Å². The Morgan fingerprint density at radius 3 is 2.80 bits per heavy atom. The van der Waals surface area contributed by atoms with E-state index in [0.717, 1.165) is 0 Å². The van der Waals surface area contributed by atoms with Gasteiger partial charge in [0.25, 0.3) is 0 Å². The molecular weight excluding hydrogens is 192 g/mol. The van der Waals surface area contributed by atoms with Crippen LogP contribution in [0.4, 0.5) is 5.69 Å². The molecule has 0 heterocycles. The first-order valence-corrected chi connectivity index (χ1v) is 4.47. The fourth-order valence-electron chi connectivity index (χ4n) is 1.34. The SMILES string of the molecule is CC(CC#N)(C(=O)O)c1cccc(N)c1. The smallest absolute Gasteiger partial charge is 0.314 e. The zero-order chi connectivity index (χ0) is 11.5. The molecule has 1 unspecified atom stereocenters. The quantitative estimate of drug-likeness (QED) is 0.731. The van der Waals surface area contributed by atoms with E-state index in [9.17, 15) is 4.79 Å². The summed E-state index contributed by atoms with van der Waals surface area (Å²) in [5, 5.41) is 17.8. The van der Waals surface area contributed by atoms with Gasteiger partial charge in [-0.2, -0.15) is 5.26 Å². The molecule has 0 saturated heterocycles. The summed E-state index contributed by atoms with van der Waals surface area (Å²) < 4.78 is 0. The third kappa shape index (κ3) is 2.08. The second kappa shape index (κ2) is 4.01. The maximum absolute atomic E-state index is 11.1. The van der Waals surface area contributed by atoms with Crippen molar-refractivity contribution in [1.29, 1.82) is 5.26 Å². The summed E-state index contributed by atoms with van der Waals surface area (Å²) in [6, 6.07) is 8.51. The molecule has 4 nitrogen and oxygen atoms in total. The van der Waals surface area contributed by atoms with Gasteiger partial charge in [0.2, 0.25) is 0 Å². The Bertz CT molecular complexity index is 423. The number of carboxylic acid groups (broad SMARTS) is 1. The van der Waals surface area contributed by atoms with E-state index in [2.05, 4.69) is 0 Å². The Hall–Kier alpha value is -2.02. The van der Waals surface area contributed by atoms with Gasteiger partial charge in [-0.15, -0.1) is 0 Å². The third-order valence-corrected chi connectivity index (χ3v) is 2.43. The molecule has 0 radical (unpaired) electrons. The van der Waals surface area contributed by atoms with Gasteiger partial charge in [-0.3, -0.25) is 4.79 Å². The van der Waals surface area contributed by atoms with Gasteiger partial charge in [0.05, 0.1) is 12.5 Å². The number of rotatable bonds is 3. The Kier molecular flexibility index (Phi) is 2.96. The van der Waals surface area contributed by atoms with Crippen LogP contribution < -0.4 is 5.73 Å². The highest BCUT2D eigenvalue weighted by Crippen LogP contribution is 2.28. The van der Waals surface area contributed by atoms with Crippen LogP contribution in [0.2, 0.25) is 0 Å². The third-order valence-electron chi connectivity index (χ3n) is 2.43. The van der Waals surface area contributed by atoms with Gasteiger partial charge in [-0.1, -0.05) is 12.1 Å². The van der Waals surface area contributed by atoms with E-state index in [4.69, 9.17) is 16.1 Å². The van der Waals surface area contributed by atoms with Crippen molar-refractivity contribution in [2.45, 2.75) is 18.8 Å². The van der Waals surface area contributed by atoms with Crippen LogP contribution in [0.25, 0.3) is 0 Å². The monoisotopic (exact) mass is 204 g/mol. The topological polar surface area (TPSA) is 87.1 Å². The molecule has 0 fully saturated rings. The van der Waals surface area contributed by atoms with E-state index in [-0.39, 0.29) is 6.42 Å². The van der Waals surface area contributed by atoms with Gasteiger partial charge in [0.1, 0.15) is 5.41 Å². The summed E-state index contributed by atoms with van der Waals surface area (Å²) in [7, 11) is 0. The fraction of sp³-hybridized carbons (Fsp3) is 0.273. The summed E-state index contributed by atoms with van der Waals surface area (Å²) in [6.07, 6.45) is -0.0776. The van der Waals surface area contributed by atoms with Crippen LogP contribution in [0, 0.1) is 11.3 Å². The van der Waals surface area contributed by atoms with Gasteiger partial charge in [-0.05, 0) is 24.6 Å². The van der Waals surface area contributed by atoms with Crippen molar-refractivity contribution < 1.29 is 9.90 Å². The molecule has 1 aromatic rings. The Labute approximate surface area is 87.9 Å². The maximum atomic E-state index is 11.1. The highest BCUT2D eigenvalue weighted by Gasteiger charge is 2.35. The average molecular weight is 204 g/mol. The van der Waals surface area contributed by atoms with E-state index < -0.39 is 11.4 Å². The van der Waals surface area contributed by atoms with Crippen LogP contribution in [0.5, 0.6) is 0 Å². The number of carbonyl (C=O) groups is 1. The van der Waals surface area contributed by atoms with Gasteiger partial charge in [0, 0.05) is 5.69 Å². The lowest BCUT2D eigenvalue weighted by Gasteiger charge is -2.22. The number of anilines is 1. The highest BCUT2D eigenvalue weighted by molar-refractivity contribution is 5.81. The molecule has 1 rings (SSSR count). The number of carboxylic acids is 1. The number of nitrogens with zero attached hydrogens (tertiary/aromatic N) is 1. The predicted molar refractivity (Wildman–Crippen MR) is 56.1 cm³/mol. The summed E-state index contributed by atoms with van der Waals surface area (Å²) >= 11 is 0. The molecule has 0 aliphatic carbocycles. The van der Waals surface area contributed by atoms with Crippen LogP contribution in [-0.4, -0.2) is 11.1 Å². The van der Waals surface area contributed by atoms with Crippen LogP contribution in [0.3, 0.4) is 0 Å². The van der Waals surface area contributed by atoms with Crippen molar-refractivity contribution in [3.63, 3.8) is 0 Å². The summed E-state index contributed by atoms with van der Waals surface area (Å²) in [6.45, 7) is 1.52. The maximum Gasteiger partial charge on any atom is 0.314 e. The first-order valence-electron chi connectivity index (χ1n) is 4.47. The van der Waals surface area contributed by atoms with E-state index in [1.54, 1.807) is 24.3 Å². The number of nitriles is 1. The minimum absolute atomic E-state index is 0.0776. The van der Waals surface area contributed by atoms with Crippen molar-refractivity contribution in [1.82, 2.24) is 0 Å². The minimum atomic E-state index is -1.19. The molecule has 1 aromatic carbocycles. The number of nitrogens with two attached hydrogens (primary N) is 1. The van der Waals surface area contributed by atoms with Crippen molar-refractivity contribution >= 4 is 11.7 Å². The van der Waals surface area contributed by atoms with Crippen molar-refractivity contribution in [2.75, 3.05) is 5.73 Å². The highest BCUT2D eigenvalue weighted by atomic mass is 16.4. The van der Waals surface area contributed by atoms with Crippen LogP contribution in [-0.2, 0) is 10.2 Å². The number of hydrogen-bond donors (Lipinski definition) is 2. The molecule has 0 bridgehead atoms. The van der Waals surface area contributed by atoms with Crippen molar-refractivity contribution in [3.05, 3.63) is 29.8 Å². The largest absolute Gasteiger partial charge is 0.481 e.